The highest BCUT2D eigenvalue weighted by Gasteiger charge is 2.37. The minimum Gasteiger partial charge on any atom is -0.356 e. The number of nitrogens with one attached hydrogen (secondary N) is 1. The monoisotopic (exact) mass is 240 g/mol. The number of ether oxygens (including phenoxy) is 1. The van der Waals surface area contributed by atoms with E-state index in [0.29, 0.717) is 6.54 Å². The molecular weight excluding hydrogens is 225 g/mol. The third kappa shape index (κ3) is 3.88. The van der Waals surface area contributed by atoms with Crippen molar-refractivity contribution in [3.05, 3.63) is 0 Å². The molecule has 0 spiro atoms. The van der Waals surface area contributed by atoms with Crippen molar-refractivity contribution in [3.8, 4) is 0 Å². The van der Waals surface area contributed by atoms with Crippen LogP contribution in [0.1, 0.15) is 13.8 Å². The zero-order valence-electron chi connectivity index (χ0n) is 9.17. The Morgan fingerprint density at radius 2 is 2.12 bits per heavy atom. The van der Waals surface area contributed by atoms with Crippen LogP contribution in [0.5, 0.6) is 0 Å². The van der Waals surface area contributed by atoms with E-state index < -0.39 is 12.5 Å². The van der Waals surface area contributed by atoms with Crippen LogP contribution in [0, 0.1) is 5.92 Å². The maximum Gasteiger partial charge on any atom is 0.576 e. The maximum absolute atomic E-state index is 11.8. The fourth-order valence-corrected chi connectivity index (χ4v) is 1.55. The topological polar surface area (TPSA) is 41.6 Å². The highest BCUT2D eigenvalue weighted by atomic mass is 19.4. The van der Waals surface area contributed by atoms with Crippen molar-refractivity contribution in [2.24, 2.45) is 5.92 Å². The van der Waals surface area contributed by atoms with Crippen molar-refractivity contribution < 1.29 is 22.7 Å². The maximum atomic E-state index is 11.8. The predicted octanol–water partition coefficient (Wildman–Crippen LogP) is 1.57. The second-order valence-electron chi connectivity index (χ2n) is 4.06. The molecule has 7 heteroatoms. The van der Waals surface area contributed by atoms with E-state index in [1.54, 1.807) is 0 Å². The van der Waals surface area contributed by atoms with Gasteiger partial charge in [-0.1, -0.05) is 13.8 Å². The molecule has 1 heterocycles. The second kappa shape index (κ2) is 4.90. The Kier molecular flexibility index (Phi) is 4.01. The van der Waals surface area contributed by atoms with E-state index in [0.717, 1.165) is 4.90 Å². The molecular formula is C9H15F3N2O2. The first-order chi connectivity index (χ1) is 7.29. The molecule has 0 aromatic heterocycles. The van der Waals surface area contributed by atoms with Crippen molar-refractivity contribution in [3.63, 3.8) is 0 Å². The zero-order chi connectivity index (χ0) is 12.3. The van der Waals surface area contributed by atoms with Crippen LogP contribution in [0.15, 0.2) is 0 Å². The normalized spacial score (nSPS) is 22.4. The smallest absolute Gasteiger partial charge is 0.356 e. The van der Waals surface area contributed by atoms with E-state index in [4.69, 9.17) is 0 Å². The number of nitrogens with zero attached hydrogens (tertiary/aromatic N) is 1. The Labute approximate surface area is 91.7 Å². The van der Waals surface area contributed by atoms with Crippen LogP contribution >= 0.6 is 0 Å². The quantitative estimate of drug-likeness (QED) is 0.756. The van der Waals surface area contributed by atoms with Gasteiger partial charge in [-0.05, 0) is 5.92 Å². The minimum atomic E-state index is -4.91. The molecule has 0 aromatic carbocycles. The van der Waals surface area contributed by atoms with E-state index in [1.807, 2.05) is 13.8 Å². The lowest BCUT2D eigenvalue weighted by Gasteiger charge is -2.35. The number of carbonyl (C=O) groups excluding carboxylic acids is 1. The summed E-state index contributed by atoms with van der Waals surface area (Å²) in [5, 5.41) is 3.14. The molecule has 1 aliphatic rings. The highest BCUT2D eigenvalue weighted by Crippen LogP contribution is 2.19. The summed E-state index contributed by atoms with van der Waals surface area (Å²) in [4.78, 5) is 12.2. The summed E-state index contributed by atoms with van der Waals surface area (Å²) < 4.78 is 38.9. The van der Waals surface area contributed by atoms with E-state index in [9.17, 15) is 18.0 Å². The molecule has 1 amide bonds. The fourth-order valence-electron chi connectivity index (χ4n) is 1.55. The molecule has 1 fully saturated rings. The number of amides is 1. The van der Waals surface area contributed by atoms with Gasteiger partial charge in [0.05, 0.1) is 0 Å². The summed E-state index contributed by atoms with van der Waals surface area (Å²) in [5.74, 6) is 0.251. The van der Waals surface area contributed by atoms with Crippen LogP contribution in [-0.2, 0) is 4.74 Å². The van der Waals surface area contributed by atoms with Crippen LogP contribution in [-0.4, -0.2) is 43.0 Å². The molecule has 1 rings (SSSR count). The minimum absolute atomic E-state index is 0.00883. The fraction of sp³-hybridized carbons (Fsp3) is 0.889. The van der Waals surface area contributed by atoms with E-state index in [1.165, 1.54) is 0 Å². The number of carbonyl (C=O) groups is 1. The van der Waals surface area contributed by atoms with Gasteiger partial charge in [0.15, 0.2) is 0 Å². The molecule has 1 aliphatic heterocycles. The predicted molar refractivity (Wildman–Crippen MR) is 50.7 cm³/mol. The molecule has 0 saturated carbocycles. The van der Waals surface area contributed by atoms with Crippen LogP contribution < -0.4 is 5.32 Å². The van der Waals surface area contributed by atoms with Crippen LogP contribution in [0.4, 0.5) is 18.0 Å². The summed E-state index contributed by atoms with van der Waals surface area (Å²) in [6, 6.07) is 0.00883. The van der Waals surface area contributed by atoms with Crippen LogP contribution in [0.3, 0.4) is 0 Å². The molecule has 4 nitrogen and oxygen atoms in total. The largest absolute Gasteiger partial charge is 0.576 e. The summed E-state index contributed by atoms with van der Waals surface area (Å²) in [6.07, 6.45) is -6.23. The Hall–Kier alpha value is -0.980. The first-order valence-electron chi connectivity index (χ1n) is 5.07. The molecule has 1 atom stereocenters. The van der Waals surface area contributed by atoms with E-state index in [-0.39, 0.29) is 25.0 Å². The van der Waals surface area contributed by atoms with Gasteiger partial charge < -0.3 is 15.0 Å². The van der Waals surface area contributed by atoms with Crippen molar-refractivity contribution in [1.82, 2.24) is 10.2 Å². The molecule has 1 unspecified atom stereocenters. The zero-order valence-corrected chi connectivity index (χ0v) is 9.17. The van der Waals surface area contributed by atoms with Gasteiger partial charge in [-0.25, -0.2) is 4.79 Å². The number of alkyl halides is 3. The van der Waals surface area contributed by atoms with Crippen molar-refractivity contribution in [1.29, 1.82) is 0 Å². The highest BCUT2D eigenvalue weighted by molar-refractivity contribution is 5.68. The lowest BCUT2D eigenvalue weighted by Crippen LogP contribution is -2.55. The average Bonchev–Trinajstić information content (AvgIpc) is 2.15. The Bertz CT molecular complexity index is 256. The van der Waals surface area contributed by atoms with Gasteiger partial charge in [0.1, 0.15) is 0 Å². The average molecular weight is 240 g/mol. The lowest BCUT2D eigenvalue weighted by atomic mass is 10.0. The number of rotatable bonds is 1. The summed E-state index contributed by atoms with van der Waals surface area (Å²) in [5.41, 5.74) is 0. The third-order valence-corrected chi connectivity index (χ3v) is 2.47. The molecule has 0 aromatic rings. The van der Waals surface area contributed by atoms with Crippen LogP contribution in [0.2, 0.25) is 0 Å². The second-order valence-corrected chi connectivity index (χ2v) is 4.06. The molecule has 0 radical (unpaired) electrons. The van der Waals surface area contributed by atoms with Crippen LogP contribution in [0.25, 0.3) is 0 Å². The van der Waals surface area contributed by atoms with Crippen molar-refractivity contribution >= 4 is 6.09 Å². The van der Waals surface area contributed by atoms with Gasteiger partial charge in [0.2, 0.25) is 0 Å². The number of piperazine rings is 1. The number of hydrogen-bond acceptors (Lipinski definition) is 3. The molecule has 94 valence electrons. The first-order valence-corrected chi connectivity index (χ1v) is 5.07. The molecule has 16 heavy (non-hydrogen) atoms. The van der Waals surface area contributed by atoms with E-state index >= 15 is 0 Å². The Morgan fingerprint density at radius 3 is 2.62 bits per heavy atom. The molecule has 1 N–H and O–H groups in total. The third-order valence-electron chi connectivity index (χ3n) is 2.47. The molecule has 0 bridgehead atoms. The van der Waals surface area contributed by atoms with Crippen molar-refractivity contribution in [2.45, 2.75) is 26.3 Å². The van der Waals surface area contributed by atoms with E-state index in [2.05, 4.69) is 10.1 Å². The van der Waals surface area contributed by atoms with Gasteiger partial charge in [-0.15, -0.1) is 13.2 Å². The van der Waals surface area contributed by atoms with Crippen molar-refractivity contribution in [2.75, 3.05) is 19.6 Å². The van der Waals surface area contributed by atoms with Gasteiger partial charge in [0, 0.05) is 25.7 Å². The first kappa shape index (κ1) is 13.1. The standard InChI is InChI=1S/C9H15F3N2O2/c1-6(2)7-5-14(4-3-13-7)8(15)16-9(10,11)12/h6-7,13H,3-5H2,1-2H3. The Balaban J connectivity index is 2.50. The summed E-state index contributed by atoms with van der Waals surface area (Å²) >= 11 is 0. The summed E-state index contributed by atoms with van der Waals surface area (Å²) in [7, 11) is 0. The Morgan fingerprint density at radius 1 is 1.50 bits per heavy atom. The van der Waals surface area contributed by atoms with Gasteiger partial charge >= 0.3 is 12.5 Å². The number of hydrogen-bond donors (Lipinski definition) is 1. The van der Waals surface area contributed by atoms with Gasteiger partial charge in [-0.3, -0.25) is 0 Å². The summed E-state index contributed by atoms with van der Waals surface area (Å²) in [6.45, 7) is 4.84. The van der Waals surface area contributed by atoms with Gasteiger partial charge in [-0.2, -0.15) is 0 Å². The molecule has 1 saturated heterocycles. The SMILES string of the molecule is CC(C)C1CN(C(=O)OC(F)(F)F)CCN1. The molecule has 0 aliphatic carbocycles. The van der Waals surface area contributed by atoms with Gasteiger partial charge in [0.25, 0.3) is 0 Å². The lowest BCUT2D eigenvalue weighted by molar-refractivity contribution is -0.295. The number of halogens is 3.